The lowest BCUT2D eigenvalue weighted by atomic mass is 10.1. The van der Waals surface area contributed by atoms with Crippen molar-refractivity contribution in [3.05, 3.63) is 90.5 Å². The molecule has 2 aromatic carbocycles. The summed E-state index contributed by atoms with van der Waals surface area (Å²) in [5.41, 5.74) is 1.83. The smallest absolute Gasteiger partial charge is 0.256 e. The molecule has 3 aromatic rings. The number of aromatic nitrogens is 1. The number of hydrogen-bond donors (Lipinski definition) is 1. The third-order valence-corrected chi connectivity index (χ3v) is 5.32. The SMILES string of the molecule is O=C(C[C@H]1C(=O)N(c2ccccc2)C(=S)N1Cc1ccccn1)Nc1ccc(F)cc1. The Kier molecular flexibility index (Phi) is 5.99. The van der Waals surface area contributed by atoms with Gasteiger partial charge >= 0.3 is 0 Å². The monoisotopic (exact) mass is 434 g/mol. The Labute approximate surface area is 184 Å². The van der Waals surface area contributed by atoms with Gasteiger partial charge in [-0.05, 0) is 60.7 Å². The summed E-state index contributed by atoms with van der Waals surface area (Å²) in [6, 6.07) is 19.3. The lowest BCUT2D eigenvalue weighted by Crippen LogP contribution is -2.37. The summed E-state index contributed by atoms with van der Waals surface area (Å²) in [4.78, 5) is 33.5. The first-order chi connectivity index (χ1) is 15.0. The molecular weight excluding hydrogens is 415 g/mol. The number of hydrogen-bond acceptors (Lipinski definition) is 4. The maximum Gasteiger partial charge on any atom is 0.256 e. The van der Waals surface area contributed by atoms with E-state index in [4.69, 9.17) is 12.2 Å². The maximum atomic E-state index is 13.3. The molecule has 0 aliphatic carbocycles. The molecule has 0 unspecified atom stereocenters. The van der Waals surface area contributed by atoms with Crippen LogP contribution in [0.3, 0.4) is 0 Å². The molecule has 8 heteroatoms. The maximum absolute atomic E-state index is 13.3. The van der Waals surface area contributed by atoms with Crippen LogP contribution in [0.15, 0.2) is 79.0 Å². The highest BCUT2D eigenvalue weighted by Gasteiger charge is 2.44. The van der Waals surface area contributed by atoms with Gasteiger partial charge in [0.25, 0.3) is 5.91 Å². The Morgan fingerprint density at radius 2 is 1.74 bits per heavy atom. The van der Waals surface area contributed by atoms with Crippen molar-refractivity contribution in [2.24, 2.45) is 0 Å². The molecule has 156 valence electrons. The van der Waals surface area contributed by atoms with Gasteiger partial charge in [0.05, 0.1) is 24.3 Å². The number of carbonyl (C=O) groups is 2. The fraction of sp³-hybridized carbons (Fsp3) is 0.130. The van der Waals surface area contributed by atoms with Crippen LogP contribution in [0.25, 0.3) is 0 Å². The average Bonchev–Trinajstić information content (AvgIpc) is 3.00. The summed E-state index contributed by atoms with van der Waals surface area (Å²) in [6.07, 6.45) is 1.56. The fourth-order valence-electron chi connectivity index (χ4n) is 3.42. The fourth-order valence-corrected chi connectivity index (χ4v) is 3.80. The van der Waals surface area contributed by atoms with Gasteiger partial charge in [-0.25, -0.2) is 4.39 Å². The first-order valence-electron chi connectivity index (χ1n) is 9.68. The number of amides is 2. The predicted octanol–water partition coefficient (Wildman–Crippen LogP) is 3.75. The van der Waals surface area contributed by atoms with Crippen molar-refractivity contribution < 1.29 is 14.0 Å². The normalized spacial score (nSPS) is 16.0. The summed E-state index contributed by atoms with van der Waals surface area (Å²) >= 11 is 5.62. The highest BCUT2D eigenvalue weighted by Crippen LogP contribution is 2.28. The highest BCUT2D eigenvalue weighted by molar-refractivity contribution is 7.80. The molecule has 0 spiro atoms. The summed E-state index contributed by atoms with van der Waals surface area (Å²) in [7, 11) is 0. The van der Waals surface area contributed by atoms with Gasteiger partial charge in [0.2, 0.25) is 5.91 Å². The van der Waals surface area contributed by atoms with Crippen LogP contribution in [-0.4, -0.2) is 32.9 Å². The molecule has 1 aliphatic rings. The van der Waals surface area contributed by atoms with Gasteiger partial charge in [0, 0.05) is 11.9 Å². The van der Waals surface area contributed by atoms with Crippen molar-refractivity contribution in [3.63, 3.8) is 0 Å². The highest BCUT2D eigenvalue weighted by atomic mass is 32.1. The second-order valence-corrected chi connectivity index (χ2v) is 7.38. The number of thiocarbonyl (C=S) groups is 1. The number of halogens is 1. The molecule has 2 heterocycles. The topological polar surface area (TPSA) is 65.5 Å². The van der Waals surface area contributed by atoms with Gasteiger partial charge in [-0.15, -0.1) is 0 Å². The van der Waals surface area contributed by atoms with E-state index in [2.05, 4.69) is 10.3 Å². The van der Waals surface area contributed by atoms with E-state index in [-0.39, 0.29) is 18.2 Å². The van der Waals surface area contributed by atoms with Crippen LogP contribution in [0.4, 0.5) is 15.8 Å². The van der Waals surface area contributed by atoms with Crippen LogP contribution in [0, 0.1) is 5.82 Å². The van der Waals surface area contributed by atoms with E-state index < -0.39 is 11.9 Å². The Balaban J connectivity index is 1.58. The Morgan fingerprint density at radius 3 is 2.42 bits per heavy atom. The molecule has 1 saturated heterocycles. The molecule has 2 amide bonds. The lowest BCUT2D eigenvalue weighted by molar-refractivity contribution is -0.124. The Bertz CT molecular complexity index is 1090. The molecule has 1 fully saturated rings. The number of benzene rings is 2. The van der Waals surface area contributed by atoms with Gasteiger partial charge in [-0.3, -0.25) is 19.5 Å². The van der Waals surface area contributed by atoms with E-state index in [1.54, 1.807) is 29.3 Å². The molecule has 1 atom stereocenters. The summed E-state index contributed by atoms with van der Waals surface area (Å²) in [6.45, 7) is 0.295. The summed E-state index contributed by atoms with van der Waals surface area (Å²) < 4.78 is 13.1. The van der Waals surface area contributed by atoms with E-state index in [9.17, 15) is 14.0 Å². The van der Waals surface area contributed by atoms with E-state index in [0.717, 1.165) is 5.69 Å². The van der Waals surface area contributed by atoms with Gasteiger partial charge in [-0.2, -0.15) is 0 Å². The van der Waals surface area contributed by atoms with Gasteiger partial charge < -0.3 is 10.2 Å². The second kappa shape index (κ2) is 9.01. The van der Waals surface area contributed by atoms with Crippen molar-refractivity contribution in [3.8, 4) is 0 Å². The third kappa shape index (κ3) is 4.59. The van der Waals surface area contributed by atoms with E-state index in [0.29, 0.717) is 23.0 Å². The molecule has 0 saturated carbocycles. The average molecular weight is 434 g/mol. The van der Waals surface area contributed by atoms with Gasteiger partial charge in [0.1, 0.15) is 11.9 Å². The number of nitrogens with one attached hydrogen (secondary N) is 1. The van der Waals surface area contributed by atoms with Crippen molar-refractivity contribution in [2.45, 2.75) is 19.0 Å². The minimum atomic E-state index is -0.782. The van der Waals surface area contributed by atoms with Gasteiger partial charge in [-0.1, -0.05) is 24.3 Å². The van der Waals surface area contributed by atoms with Crippen LogP contribution in [0.2, 0.25) is 0 Å². The largest absolute Gasteiger partial charge is 0.330 e. The van der Waals surface area contributed by atoms with Crippen LogP contribution in [0.5, 0.6) is 0 Å². The minimum absolute atomic E-state index is 0.105. The van der Waals surface area contributed by atoms with Crippen LogP contribution < -0.4 is 10.2 Å². The molecule has 0 bridgehead atoms. The standard InChI is InChI=1S/C23H19FN4O2S/c24-16-9-11-17(12-10-16)26-21(29)14-20-22(30)28(19-7-2-1-3-8-19)23(31)27(20)15-18-6-4-5-13-25-18/h1-13,20H,14-15H2,(H,26,29)/t20-/m0/s1. The number of para-hydroxylation sites is 1. The van der Waals surface area contributed by atoms with E-state index in [1.807, 2.05) is 30.3 Å². The molecule has 31 heavy (non-hydrogen) atoms. The zero-order valence-corrected chi connectivity index (χ0v) is 17.3. The number of pyridine rings is 1. The molecule has 0 radical (unpaired) electrons. The number of anilines is 2. The number of rotatable bonds is 6. The van der Waals surface area contributed by atoms with Crippen LogP contribution >= 0.6 is 12.2 Å². The molecular formula is C23H19FN4O2S. The summed E-state index contributed by atoms with van der Waals surface area (Å²) in [5.74, 6) is -1.04. The third-order valence-electron chi connectivity index (χ3n) is 4.90. The first kappa shape index (κ1) is 20.6. The van der Waals surface area contributed by atoms with Gasteiger partial charge in [0.15, 0.2) is 5.11 Å². The van der Waals surface area contributed by atoms with Crippen molar-refractivity contribution in [1.29, 1.82) is 0 Å². The second-order valence-electron chi connectivity index (χ2n) is 7.02. The summed E-state index contributed by atoms with van der Waals surface area (Å²) in [5, 5.41) is 3.03. The molecule has 1 N–H and O–H groups in total. The molecule has 6 nitrogen and oxygen atoms in total. The van der Waals surface area contributed by atoms with Crippen molar-refractivity contribution in [1.82, 2.24) is 9.88 Å². The zero-order valence-electron chi connectivity index (χ0n) is 16.4. The first-order valence-corrected chi connectivity index (χ1v) is 10.1. The number of carbonyl (C=O) groups excluding carboxylic acids is 2. The Hall–Kier alpha value is -3.65. The predicted molar refractivity (Wildman–Crippen MR) is 120 cm³/mol. The molecule has 4 rings (SSSR count). The van der Waals surface area contributed by atoms with Crippen molar-refractivity contribution in [2.75, 3.05) is 10.2 Å². The number of nitrogens with zero attached hydrogens (tertiary/aromatic N) is 3. The lowest BCUT2D eigenvalue weighted by Gasteiger charge is -2.23. The van der Waals surface area contributed by atoms with E-state index in [1.165, 1.54) is 29.2 Å². The van der Waals surface area contributed by atoms with Crippen LogP contribution in [0.1, 0.15) is 12.1 Å². The molecule has 1 aromatic heterocycles. The Morgan fingerprint density at radius 1 is 1.03 bits per heavy atom. The van der Waals surface area contributed by atoms with Crippen molar-refractivity contribution >= 4 is 40.5 Å². The molecule has 1 aliphatic heterocycles. The quantitative estimate of drug-likeness (QED) is 0.599. The van der Waals surface area contributed by atoms with E-state index >= 15 is 0 Å². The van der Waals surface area contributed by atoms with Crippen LogP contribution in [-0.2, 0) is 16.1 Å². The minimum Gasteiger partial charge on any atom is -0.330 e. The zero-order chi connectivity index (χ0) is 21.8.